The molecule has 1 aliphatic heterocycles. The molecule has 2 aromatic carbocycles. The third-order valence-corrected chi connectivity index (χ3v) is 5.53. The lowest BCUT2D eigenvalue weighted by Gasteiger charge is -2.39. The number of aliphatic hydroxyl groups is 1. The van der Waals surface area contributed by atoms with E-state index in [2.05, 4.69) is 72.0 Å². The van der Waals surface area contributed by atoms with E-state index in [0.29, 0.717) is 0 Å². The summed E-state index contributed by atoms with van der Waals surface area (Å²) in [6.45, 7) is 3.39. The van der Waals surface area contributed by atoms with E-state index in [0.717, 1.165) is 13.0 Å². The molecule has 0 amide bonds. The largest absolute Gasteiger partial charge is 0.394 e. The molecule has 3 aromatic rings. The maximum atomic E-state index is 10.1. The highest BCUT2D eigenvalue weighted by Crippen LogP contribution is 2.39. The summed E-state index contributed by atoms with van der Waals surface area (Å²) in [5, 5.41) is 11.4. The van der Waals surface area contributed by atoms with Gasteiger partial charge in [-0.2, -0.15) is 0 Å². The molecule has 3 nitrogen and oxygen atoms in total. The van der Waals surface area contributed by atoms with Crippen LogP contribution in [0, 0.1) is 0 Å². The highest BCUT2D eigenvalue weighted by molar-refractivity contribution is 5.86. The van der Waals surface area contributed by atoms with Crippen LogP contribution < -0.4 is 0 Å². The zero-order valence-electron chi connectivity index (χ0n) is 14.3. The number of nitrogens with zero attached hydrogens (tertiary/aromatic N) is 2. The Bertz CT molecular complexity index is 853. The number of rotatable bonds is 3. The van der Waals surface area contributed by atoms with Crippen molar-refractivity contribution in [1.82, 2.24) is 9.47 Å². The Morgan fingerprint density at radius 1 is 1.08 bits per heavy atom. The van der Waals surface area contributed by atoms with Crippen LogP contribution in [0.2, 0.25) is 0 Å². The summed E-state index contributed by atoms with van der Waals surface area (Å²) in [7, 11) is 2.16. The van der Waals surface area contributed by atoms with E-state index in [4.69, 9.17) is 0 Å². The number of aliphatic hydroxyl groups excluding tert-OH is 1. The monoisotopic (exact) mass is 320 g/mol. The first-order valence-corrected chi connectivity index (χ1v) is 8.70. The Balaban J connectivity index is 1.78. The third-order valence-electron chi connectivity index (χ3n) is 5.53. The minimum Gasteiger partial charge on any atom is -0.394 e. The first kappa shape index (κ1) is 15.4. The smallest absolute Gasteiger partial charge is 0.0628 e. The average molecular weight is 320 g/mol. The molecule has 0 bridgehead atoms. The predicted octanol–water partition coefficient (Wildman–Crippen LogP) is 3.83. The van der Waals surface area contributed by atoms with E-state index in [1.807, 2.05) is 6.07 Å². The van der Waals surface area contributed by atoms with Crippen LogP contribution in [0.5, 0.6) is 0 Å². The molecule has 0 saturated carbocycles. The molecular weight excluding hydrogens is 296 g/mol. The van der Waals surface area contributed by atoms with Gasteiger partial charge < -0.3 is 9.67 Å². The molecule has 0 spiro atoms. The fourth-order valence-electron chi connectivity index (χ4n) is 4.38. The topological polar surface area (TPSA) is 28.4 Å². The van der Waals surface area contributed by atoms with Gasteiger partial charge in [0.05, 0.1) is 12.6 Å². The van der Waals surface area contributed by atoms with Gasteiger partial charge in [0.15, 0.2) is 0 Å². The quantitative estimate of drug-likeness (QED) is 0.794. The summed E-state index contributed by atoms with van der Waals surface area (Å²) in [6.07, 6.45) is 1.03. The molecule has 1 aliphatic rings. The van der Waals surface area contributed by atoms with E-state index in [9.17, 15) is 5.11 Å². The number of fused-ring (bicyclic) bond motifs is 3. The van der Waals surface area contributed by atoms with Gasteiger partial charge in [-0.05, 0) is 30.5 Å². The number of para-hydroxylation sites is 1. The van der Waals surface area contributed by atoms with Gasteiger partial charge in [-0.25, -0.2) is 0 Å². The van der Waals surface area contributed by atoms with Gasteiger partial charge >= 0.3 is 0 Å². The minimum absolute atomic E-state index is 0.0485. The van der Waals surface area contributed by atoms with Crippen molar-refractivity contribution in [2.75, 3.05) is 13.2 Å². The molecule has 124 valence electrons. The van der Waals surface area contributed by atoms with Crippen molar-refractivity contribution in [3.05, 3.63) is 71.4 Å². The third kappa shape index (κ3) is 2.27. The van der Waals surface area contributed by atoms with Crippen molar-refractivity contribution in [3.63, 3.8) is 0 Å². The van der Waals surface area contributed by atoms with Gasteiger partial charge in [0, 0.05) is 36.2 Å². The van der Waals surface area contributed by atoms with Crippen molar-refractivity contribution in [2.24, 2.45) is 7.05 Å². The van der Waals surface area contributed by atoms with E-state index < -0.39 is 0 Å². The van der Waals surface area contributed by atoms with Gasteiger partial charge in [0.25, 0.3) is 0 Å². The van der Waals surface area contributed by atoms with Gasteiger partial charge in [-0.15, -0.1) is 0 Å². The molecule has 0 saturated heterocycles. The average Bonchev–Trinajstić information content (AvgIpc) is 2.92. The highest BCUT2D eigenvalue weighted by Gasteiger charge is 2.33. The molecule has 4 rings (SSSR count). The maximum Gasteiger partial charge on any atom is 0.0628 e. The Labute approximate surface area is 143 Å². The van der Waals surface area contributed by atoms with Crippen LogP contribution in [-0.4, -0.2) is 27.7 Å². The Kier molecular flexibility index (Phi) is 3.91. The van der Waals surface area contributed by atoms with E-state index in [-0.39, 0.29) is 18.7 Å². The van der Waals surface area contributed by atoms with Crippen molar-refractivity contribution in [2.45, 2.75) is 25.4 Å². The van der Waals surface area contributed by atoms with Crippen LogP contribution in [0.4, 0.5) is 0 Å². The second kappa shape index (κ2) is 6.08. The molecule has 0 radical (unpaired) electrons. The molecule has 2 atom stereocenters. The van der Waals surface area contributed by atoms with E-state index in [1.165, 1.54) is 27.7 Å². The second-order valence-corrected chi connectivity index (χ2v) is 6.71. The van der Waals surface area contributed by atoms with Gasteiger partial charge in [-0.3, -0.25) is 4.90 Å². The van der Waals surface area contributed by atoms with Gasteiger partial charge in [0.2, 0.25) is 0 Å². The molecule has 0 aliphatic carbocycles. The number of hydrogen-bond acceptors (Lipinski definition) is 2. The normalized spacial score (nSPS) is 19.4. The van der Waals surface area contributed by atoms with Gasteiger partial charge in [-0.1, -0.05) is 48.5 Å². The Hall–Kier alpha value is -2.10. The molecule has 24 heavy (non-hydrogen) atoms. The van der Waals surface area contributed by atoms with Crippen LogP contribution in [0.25, 0.3) is 10.9 Å². The van der Waals surface area contributed by atoms with Crippen molar-refractivity contribution in [3.8, 4) is 0 Å². The molecule has 1 aromatic heterocycles. The lowest BCUT2D eigenvalue weighted by molar-refractivity contribution is 0.0793. The van der Waals surface area contributed by atoms with Crippen LogP contribution in [-0.2, 0) is 13.5 Å². The lowest BCUT2D eigenvalue weighted by Crippen LogP contribution is -2.39. The van der Waals surface area contributed by atoms with E-state index >= 15 is 0 Å². The molecule has 1 N–H and O–H groups in total. The summed E-state index contributed by atoms with van der Waals surface area (Å²) in [5.74, 6) is 0. The minimum atomic E-state index is 0.0485. The van der Waals surface area contributed by atoms with Crippen molar-refractivity contribution in [1.29, 1.82) is 0 Å². The fourth-order valence-corrected chi connectivity index (χ4v) is 4.38. The number of benzene rings is 2. The molecule has 0 fully saturated rings. The summed E-state index contributed by atoms with van der Waals surface area (Å²) < 4.78 is 2.33. The summed E-state index contributed by atoms with van der Waals surface area (Å²) in [6, 6.07) is 19.4. The first-order valence-electron chi connectivity index (χ1n) is 8.70. The van der Waals surface area contributed by atoms with Crippen LogP contribution in [0.15, 0.2) is 54.6 Å². The number of aryl methyl sites for hydroxylation is 1. The van der Waals surface area contributed by atoms with Crippen molar-refractivity contribution < 1.29 is 5.11 Å². The highest BCUT2D eigenvalue weighted by atomic mass is 16.3. The van der Waals surface area contributed by atoms with E-state index in [1.54, 1.807) is 0 Å². The zero-order valence-corrected chi connectivity index (χ0v) is 14.3. The van der Waals surface area contributed by atoms with Crippen LogP contribution in [0.1, 0.15) is 35.8 Å². The molecule has 3 heteroatoms. The predicted molar refractivity (Wildman–Crippen MR) is 98.0 cm³/mol. The van der Waals surface area contributed by atoms with Crippen LogP contribution >= 0.6 is 0 Å². The lowest BCUT2D eigenvalue weighted by atomic mass is 9.94. The number of hydrogen-bond donors (Lipinski definition) is 1. The summed E-state index contributed by atoms with van der Waals surface area (Å²) in [4.78, 5) is 2.44. The SMILES string of the molecule is C[C@H]1c2c(c3ccccc3n2C)CCN1[C@@H](CO)c1ccccc1. The first-order chi connectivity index (χ1) is 11.7. The van der Waals surface area contributed by atoms with Gasteiger partial charge in [0.1, 0.15) is 0 Å². The molecule has 0 unspecified atom stereocenters. The van der Waals surface area contributed by atoms with Crippen LogP contribution in [0.3, 0.4) is 0 Å². The zero-order chi connectivity index (χ0) is 16.7. The number of aromatic nitrogens is 1. The maximum absolute atomic E-state index is 10.1. The molecular formula is C21H24N2O. The fraction of sp³-hybridized carbons (Fsp3) is 0.333. The Morgan fingerprint density at radius 2 is 1.79 bits per heavy atom. The summed E-state index contributed by atoms with van der Waals surface area (Å²) in [5.41, 5.74) is 5.35. The summed E-state index contributed by atoms with van der Waals surface area (Å²) >= 11 is 0. The Morgan fingerprint density at radius 3 is 2.54 bits per heavy atom. The standard InChI is InChI=1S/C21H24N2O/c1-15-21-18(17-10-6-7-11-19(17)22(21)2)12-13-23(15)20(14-24)16-8-4-3-5-9-16/h3-11,15,20,24H,12-14H2,1-2H3/t15-,20-/m0/s1. The van der Waals surface area contributed by atoms with Crippen molar-refractivity contribution >= 4 is 10.9 Å². The second-order valence-electron chi connectivity index (χ2n) is 6.71. The molecule has 2 heterocycles.